The summed E-state index contributed by atoms with van der Waals surface area (Å²) in [4.78, 5) is 12.0. The molecular weight excluding hydrogens is 230 g/mol. The number of rotatable bonds is 10. The van der Waals surface area contributed by atoms with Gasteiger partial charge in [0.1, 0.15) is 5.54 Å². The smallest absolute Gasteiger partial charge is 0.326 e. The minimum Gasteiger partial charge on any atom is -0.465 e. The summed E-state index contributed by atoms with van der Waals surface area (Å²) in [6.45, 7) is 11.7. The molecule has 0 aromatic heterocycles. The van der Waals surface area contributed by atoms with E-state index in [0.29, 0.717) is 13.0 Å². The Labute approximate surface area is 111 Å². The third-order valence-corrected chi connectivity index (χ3v) is 2.89. The molecule has 2 atom stereocenters. The second-order valence-electron chi connectivity index (χ2n) is 4.82. The van der Waals surface area contributed by atoms with E-state index in [9.17, 15) is 4.79 Å². The van der Waals surface area contributed by atoms with Crippen LogP contribution in [0.3, 0.4) is 0 Å². The molecule has 0 amide bonds. The van der Waals surface area contributed by atoms with Crippen molar-refractivity contribution in [2.75, 3.05) is 19.8 Å². The van der Waals surface area contributed by atoms with Gasteiger partial charge in [0.15, 0.2) is 0 Å². The predicted octanol–water partition coefficient (Wildman–Crippen LogP) is 2.51. The number of nitrogens with one attached hydrogen (secondary N) is 1. The Bertz CT molecular complexity index is 233. The molecule has 0 bridgehead atoms. The van der Waals surface area contributed by atoms with E-state index in [1.54, 1.807) is 0 Å². The van der Waals surface area contributed by atoms with Crippen LogP contribution in [0.4, 0.5) is 0 Å². The lowest BCUT2D eigenvalue weighted by molar-refractivity contribution is -0.152. The molecule has 0 aliphatic carbocycles. The first-order chi connectivity index (χ1) is 8.50. The number of esters is 1. The topological polar surface area (TPSA) is 47.6 Å². The molecule has 108 valence electrons. The van der Waals surface area contributed by atoms with Gasteiger partial charge in [-0.25, -0.2) is 0 Å². The summed E-state index contributed by atoms with van der Waals surface area (Å²) < 4.78 is 10.8. The van der Waals surface area contributed by atoms with E-state index in [0.717, 1.165) is 26.0 Å². The van der Waals surface area contributed by atoms with Crippen molar-refractivity contribution in [2.24, 2.45) is 0 Å². The van der Waals surface area contributed by atoms with Crippen molar-refractivity contribution >= 4 is 5.97 Å². The molecule has 18 heavy (non-hydrogen) atoms. The van der Waals surface area contributed by atoms with Crippen molar-refractivity contribution in [2.45, 2.75) is 65.5 Å². The van der Waals surface area contributed by atoms with E-state index in [4.69, 9.17) is 9.47 Å². The molecule has 1 N–H and O–H groups in total. The fourth-order valence-electron chi connectivity index (χ4n) is 1.97. The van der Waals surface area contributed by atoms with Gasteiger partial charge < -0.3 is 14.8 Å². The number of likely N-dealkylation sites (N-methyl/N-ethyl adjacent to an activating group) is 1. The van der Waals surface area contributed by atoms with Crippen LogP contribution in [0.2, 0.25) is 0 Å². The number of ether oxygens (including phenoxy) is 2. The highest BCUT2D eigenvalue weighted by Gasteiger charge is 2.35. The van der Waals surface area contributed by atoms with E-state index < -0.39 is 5.54 Å². The van der Waals surface area contributed by atoms with E-state index in [2.05, 4.69) is 12.2 Å². The van der Waals surface area contributed by atoms with Gasteiger partial charge >= 0.3 is 5.97 Å². The summed E-state index contributed by atoms with van der Waals surface area (Å²) in [5.41, 5.74) is -0.656. The standard InChI is InChI=1S/C14H29NO3/c1-6-9-10-18-12(4)11-14(5,15-7-2)13(16)17-8-3/h12,15H,6-11H2,1-5H3. The Morgan fingerprint density at radius 3 is 2.50 bits per heavy atom. The van der Waals surface area contributed by atoms with Crippen LogP contribution < -0.4 is 5.32 Å². The lowest BCUT2D eigenvalue weighted by atomic mass is 9.94. The molecule has 0 aromatic carbocycles. The van der Waals surface area contributed by atoms with Crippen LogP contribution in [0.15, 0.2) is 0 Å². The summed E-state index contributed by atoms with van der Waals surface area (Å²) in [7, 11) is 0. The van der Waals surface area contributed by atoms with Crippen molar-refractivity contribution in [3.8, 4) is 0 Å². The van der Waals surface area contributed by atoms with Crippen molar-refractivity contribution in [3.63, 3.8) is 0 Å². The third kappa shape index (κ3) is 6.36. The molecule has 0 heterocycles. The molecule has 4 nitrogen and oxygen atoms in total. The monoisotopic (exact) mass is 259 g/mol. The molecule has 0 radical (unpaired) electrons. The average molecular weight is 259 g/mol. The number of hydrogen-bond acceptors (Lipinski definition) is 4. The van der Waals surface area contributed by atoms with Gasteiger partial charge in [-0.2, -0.15) is 0 Å². The summed E-state index contributed by atoms with van der Waals surface area (Å²) in [5.74, 6) is -0.196. The maximum Gasteiger partial charge on any atom is 0.326 e. The molecule has 0 spiro atoms. The van der Waals surface area contributed by atoms with E-state index >= 15 is 0 Å². The van der Waals surface area contributed by atoms with Crippen LogP contribution >= 0.6 is 0 Å². The number of hydrogen-bond donors (Lipinski definition) is 1. The number of carbonyl (C=O) groups is 1. The van der Waals surface area contributed by atoms with E-state index in [1.807, 2.05) is 27.7 Å². The second-order valence-corrected chi connectivity index (χ2v) is 4.82. The highest BCUT2D eigenvalue weighted by molar-refractivity contribution is 5.80. The minimum atomic E-state index is -0.656. The molecule has 0 saturated heterocycles. The van der Waals surface area contributed by atoms with Gasteiger partial charge in [-0.3, -0.25) is 4.79 Å². The van der Waals surface area contributed by atoms with Gasteiger partial charge in [0.25, 0.3) is 0 Å². The molecule has 0 fully saturated rings. The van der Waals surface area contributed by atoms with Gasteiger partial charge in [0, 0.05) is 13.0 Å². The van der Waals surface area contributed by atoms with Gasteiger partial charge in [-0.05, 0) is 33.7 Å². The first-order valence-corrected chi connectivity index (χ1v) is 7.04. The second kappa shape index (κ2) is 9.34. The Balaban J connectivity index is 4.35. The maximum absolute atomic E-state index is 12.0. The molecular formula is C14H29NO3. The molecule has 4 heteroatoms. The molecule has 0 saturated carbocycles. The summed E-state index contributed by atoms with van der Waals surface area (Å²) in [6.07, 6.45) is 2.85. The largest absolute Gasteiger partial charge is 0.465 e. The van der Waals surface area contributed by atoms with Gasteiger partial charge in [-0.1, -0.05) is 20.3 Å². The summed E-state index contributed by atoms with van der Waals surface area (Å²) in [5, 5.41) is 3.21. The quantitative estimate of drug-likeness (QED) is 0.484. The van der Waals surface area contributed by atoms with Crippen LogP contribution in [0.25, 0.3) is 0 Å². The van der Waals surface area contributed by atoms with Crippen LogP contribution in [-0.4, -0.2) is 37.4 Å². The molecule has 0 aliphatic heterocycles. The summed E-state index contributed by atoms with van der Waals surface area (Å²) >= 11 is 0. The van der Waals surface area contributed by atoms with Crippen molar-refractivity contribution in [3.05, 3.63) is 0 Å². The normalized spacial score (nSPS) is 16.1. The minimum absolute atomic E-state index is 0.0463. The van der Waals surface area contributed by atoms with Crippen molar-refractivity contribution in [1.29, 1.82) is 0 Å². The van der Waals surface area contributed by atoms with Crippen molar-refractivity contribution in [1.82, 2.24) is 5.32 Å². The fraction of sp³-hybridized carbons (Fsp3) is 0.929. The van der Waals surface area contributed by atoms with Gasteiger partial charge in [0.2, 0.25) is 0 Å². The first kappa shape index (κ1) is 17.4. The third-order valence-electron chi connectivity index (χ3n) is 2.89. The Morgan fingerprint density at radius 2 is 2.00 bits per heavy atom. The molecule has 0 rings (SSSR count). The van der Waals surface area contributed by atoms with Gasteiger partial charge in [-0.15, -0.1) is 0 Å². The zero-order chi connectivity index (χ0) is 14.0. The van der Waals surface area contributed by atoms with E-state index in [1.165, 1.54) is 0 Å². The molecule has 0 aliphatic rings. The summed E-state index contributed by atoms with van der Waals surface area (Å²) in [6, 6.07) is 0. The highest BCUT2D eigenvalue weighted by atomic mass is 16.5. The fourth-order valence-corrected chi connectivity index (χ4v) is 1.97. The lowest BCUT2D eigenvalue weighted by Gasteiger charge is -2.30. The predicted molar refractivity (Wildman–Crippen MR) is 73.7 cm³/mol. The van der Waals surface area contributed by atoms with Crippen molar-refractivity contribution < 1.29 is 14.3 Å². The van der Waals surface area contributed by atoms with E-state index in [-0.39, 0.29) is 12.1 Å². The number of carbonyl (C=O) groups excluding carboxylic acids is 1. The molecule has 2 unspecified atom stereocenters. The van der Waals surface area contributed by atoms with Gasteiger partial charge in [0.05, 0.1) is 12.7 Å². The van der Waals surface area contributed by atoms with Crippen LogP contribution in [0.5, 0.6) is 0 Å². The maximum atomic E-state index is 12.0. The Kier molecular flexibility index (Phi) is 9.02. The average Bonchev–Trinajstić information content (AvgIpc) is 2.29. The number of unbranched alkanes of at least 4 members (excludes halogenated alkanes) is 1. The SMILES string of the molecule is CCCCOC(C)CC(C)(NCC)C(=O)OCC. The first-order valence-electron chi connectivity index (χ1n) is 7.04. The highest BCUT2D eigenvalue weighted by Crippen LogP contribution is 2.17. The zero-order valence-electron chi connectivity index (χ0n) is 12.5. The zero-order valence-corrected chi connectivity index (χ0v) is 12.5. The van der Waals surface area contributed by atoms with Crippen LogP contribution in [-0.2, 0) is 14.3 Å². The van der Waals surface area contributed by atoms with Crippen LogP contribution in [0, 0.1) is 0 Å². The lowest BCUT2D eigenvalue weighted by Crippen LogP contribution is -2.52. The molecule has 0 aromatic rings. The Morgan fingerprint density at radius 1 is 1.33 bits per heavy atom. The van der Waals surface area contributed by atoms with Crippen LogP contribution in [0.1, 0.15) is 53.9 Å². The Hall–Kier alpha value is -0.610.